The zero-order chi connectivity index (χ0) is 14.1. The summed E-state index contributed by atoms with van der Waals surface area (Å²) in [5.74, 6) is 0.0983. The molecule has 0 aliphatic carbocycles. The zero-order valence-electron chi connectivity index (χ0n) is 11.0. The van der Waals surface area contributed by atoms with E-state index in [4.69, 9.17) is 5.73 Å². The molecule has 0 unspecified atom stereocenters. The lowest BCUT2D eigenvalue weighted by Gasteiger charge is -2.29. The lowest BCUT2D eigenvalue weighted by Crippen LogP contribution is -2.37. The number of hydrogen-bond donors (Lipinski definition) is 1. The van der Waals surface area contributed by atoms with Gasteiger partial charge in [0.15, 0.2) is 0 Å². The number of hydrogen-bond acceptors (Lipinski definition) is 2. The Labute approximate surface area is 126 Å². The molecule has 1 amide bonds. The maximum atomic E-state index is 12.5. The third-order valence-corrected chi connectivity index (χ3v) is 4.62. The van der Waals surface area contributed by atoms with E-state index in [0.29, 0.717) is 12.2 Å². The van der Waals surface area contributed by atoms with E-state index < -0.39 is 0 Å². The molecule has 1 heterocycles. The molecule has 3 rings (SSSR count). The van der Waals surface area contributed by atoms with Crippen LogP contribution in [0.3, 0.4) is 0 Å². The van der Waals surface area contributed by atoms with Gasteiger partial charge in [-0.1, -0.05) is 30.3 Å². The van der Waals surface area contributed by atoms with E-state index in [9.17, 15) is 4.79 Å². The van der Waals surface area contributed by atoms with Crippen molar-refractivity contribution in [1.82, 2.24) is 4.90 Å². The SMILES string of the molecule is Nc1cccc(CN2CCc3ccccc3C2=O)c1Br. The van der Waals surface area contributed by atoms with Gasteiger partial charge in [0.25, 0.3) is 5.91 Å². The van der Waals surface area contributed by atoms with Crippen molar-refractivity contribution in [2.45, 2.75) is 13.0 Å². The first kappa shape index (κ1) is 13.2. The van der Waals surface area contributed by atoms with E-state index in [2.05, 4.69) is 15.9 Å². The first-order valence-electron chi connectivity index (χ1n) is 6.57. The van der Waals surface area contributed by atoms with Crippen LogP contribution in [0.2, 0.25) is 0 Å². The summed E-state index contributed by atoms with van der Waals surface area (Å²) in [6.07, 6.45) is 0.905. The summed E-state index contributed by atoms with van der Waals surface area (Å²) < 4.78 is 0.881. The molecule has 0 bridgehead atoms. The van der Waals surface area contributed by atoms with Gasteiger partial charge >= 0.3 is 0 Å². The van der Waals surface area contributed by atoms with Gasteiger partial charge < -0.3 is 10.6 Å². The van der Waals surface area contributed by atoms with E-state index in [1.54, 1.807) is 0 Å². The maximum Gasteiger partial charge on any atom is 0.254 e. The first-order valence-corrected chi connectivity index (χ1v) is 7.36. The average molecular weight is 331 g/mol. The molecule has 1 aliphatic heterocycles. The van der Waals surface area contributed by atoms with Crippen LogP contribution >= 0.6 is 15.9 Å². The average Bonchev–Trinajstić information content (AvgIpc) is 2.47. The molecule has 2 aromatic carbocycles. The fourth-order valence-electron chi connectivity index (χ4n) is 2.55. The molecule has 20 heavy (non-hydrogen) atoms. The second kappa shape index (κ2) is 5.29. The molecule has 1 aliphatic rings. The van der Waals surface area contributed by atoms with Crippen molar-refractivity contribution >= 4 is 27.5 Å². The second-order valence-electron chi connectivity index (χ2n) is 4.95. The van der Waals surface area contributed by atoms with Crippen LogP contribution in [0, 0.1) is 0 Å². The number of fused-ring (bicyclic) bond motifs is 1. The van der Waals surface area contributed by atoms with Crippen molar-refractivity contribution in [2.24, 2.45) is 0 Å². The number of nitrogens with zero attached hydrogens (tertiary/aromatic N) is 1. The number of benzene rings is 2. The first-order chi connectivity index (χ1) is 9.66. The van der Waals surface area contributed by atoms with Crippen LogP contribution in [0.15, 0.2) is 46.9 Å². The number of rotatable bonds is 2. The molecule has 0 saturated heterocycles. The normalized spacial score (nSPS) is 14.2. The van der Waals surface area contributed by atoms with Gasteiger partial charge in [0.05, 0.1) is 0 Å². The number of anilines is 1. The molecule has 4 heteroatoms. The van der Waals surface area contributed by atoms with Crippen LogP contribution in [0.4, 0.5) is 5.69 Å². The number of carbonyl (C=O) groups excluding carboxylic acids is 1. The van der Waals surface area contributed by atoms with Crippen LogP contribution < -0.4 is 5.73 Å². The molecule has 0 spiro atoms. The third kappa shape index (κ3) is 2.31. The van der Waals surface area contributed by atoms with E-state index in [1.807, 2.05) is 47.4 Å². The quantitative estimate of drug-likeness (QED) is 0.859. The largest absolute Gasteiger partial charge is 0.398 e. The Balaban J connectivity index is 1.87. The van der Waals surface area contributed by atoms with Gasteiger partial charge in [0, 0.05) is 28.8 Å². The predicted molar refractivity (Wildman–Crippen MR) is 83.4 cm³/mol. The molecule has 0 saturated carbocycles. The fraction of sp³-hybridized carbons (Fsp3) is 0.188. The number of nitrogens with two attached hydrogens (primary N) is 1. The minimum absolute atomic E-state index is 0.0983. The minimum Gasteiger partial charge on any atom is -0.398 e. The fourth-order valence-corrected chi connectivity index (χ4v) is 2.94. The monoisotopic (exact) mass is 330 g/mol. The summed E-state index contributed by atoms with van der Waals surface area (Å²) in [5.41, 5.74) is 9.59. The van der Waals surface area contributed by atoms with Crippen molar-refractivity contribution in [1.29, 1.82) is 0 Å². The summed E-state index contributed by atoms with van der Waals surface area (Å²) in [6, 6.07) is 13.6. The highest BCUT2D eigenvalue weighted by Crippen LogP contribution is 2.27. The number of nitrogen functional groups attached to an aromatic ring is 1. The molecular weight excluding hydrogens is 316 g/mol. The molecule has 2 N–H and O–H groups in total. The molecule has 0 aromatic heterocycles. The van der Waals surface area contributed by atoms with Crippen LogP contribution in [-0.4, -0.2) is 17.4 Å². The Morgan fingerprint density at radius 2 is 1.95 bits per heavy atom. The van der Waals surface area contributed by atoms with Crippen molar-refractivity contribution in [2.75, 3.05) is 12.3 Å². The highest BCUT2D eigenvalue weighted by molar-refractivity contribution is 9.10. The predicted octanol–water partition coefficient (Wildman–Crippen LogP) is 3.23. The Kier molecular flexibility index (Phi) is 3.49. The van der Waals surface area contributed by atoms with E-state index in [0.717, 1.165) is 34.1 Å². The molecule has 3 nitrogen and oxygen atoms in total. The highest BCUT2D eigenvalue weighted by Gasteiger charge is 2.24. The van der Waals surface area contributed by atoms with Gasteiger partial charge in [-0.25, -0.2) is 0 Å². The van der Waals surface area contributed by atoms with Gasteiger partial charge in [-0.2, -0.15) is 0 Å². The Bertz CT molecular complexity index is 669. The summed E-state index contributed by atoms with van der Waals surface area (Å²) in [4.78, 5) is 14.4. The molecule has 0 fully saturated rings. The summed E-state index contributed by atoms with van der Waals surface area (Å²) in [5, 5.41) is 0. The summed E-state index contributed by atoms with van der Waals surface area (Å²) >= 11 is 3.50. The molecule has 102 valence electrons. The van der Waals surface area contributed by atoms with Gasteiger partial charge in [0.1, 0.15) is 0 Å². The van der Waals surface area contributed by atoms with E-state index >= 15 is 0 Å². The molecule has 2 aromatic rings. The van der Waals surface area contributed by atoms with Crippen molar-refractivity contribution in [3.63, 3.8) is 0 Å². The third-order valence-electron chi connectivity index (χ3n) is 3.66. The summed E-state index contributed by atoms with van der Waals surface area (Å²) in [7, 11) is 0. The van der Waals surface area contributed by atoms with Gasteiger partial charge in [-0.05, 0) is 45.6 Å². The molecule has 0 radical (unpaired) electrons. The zero-order valence-corrected chi connectivity index (χ0v) is 12.6. The molecular formula is C16H15BrN2O. The smallest absolute Gasteiger partial charge is 0.254 e. The summed E-state index contributed by atoms with van der Waals surface area (Å²) in [6.45, 7) is 1.33. The lowest BCUT2D eigenvalue weighted by atomic mass is 9.98. The Morgan fingerprint density at radius 3 is 2.80 bits per heavy atom. The highest BCUT2D eigenvalue weighted by atomic mass is 79.9. The number of halogens is 1. The van der Waals surface area contributed by atoms with Crippen molar-refractivity contribution in [3.8, 4) is 0 Å². The lowest BCUT2D eigenvalue weighted by molar-refractivity contribution is 0.0727. The molecule has 0 atom stereocenters. The van der Waals surface area contributed by atoms with Crippen LogP contribution in [0.1, 0.15) is 21.5 Å². The number of carbonyl (C=O) groups is 1. The second-order valence-corrected chi connectivity index (χ2v) is 5.75. The van der Waals surface area contributed by atoms with Crippen LogP contribution in [0.25, 0.3) is 0 Å². The topological polar surface area (TPSA) is 46.3 Å². The maximum absolute atomic E-state index is 12.5. The van der Waals surface area contributed by atoms with Gasteiger partial charge in [0.2, 0.25) is 0 Å². The van der Waals surface area contributed by atoms with Crippen molar-refractivity contribution in [3.05, 3.63) is 63.6 Å². The van der Waals surface area contributed by atoms with E-state index in [-0.39, 0.29) is 5.91 Å². The van der Waals surface area contributed by atoms with E-state index in [1.165, 1.54) is 0 Å². The Morgan fingerprint density at radius 1 is 1.15 bits per heavy atom. The Hall–Kier alpha value is -1.81. The van der Waals surface area contributed by atoms with Gasteiger partial charge in [-0.3, -0.25) is 4.79 Å². The minimum atomic E-state index is 0.0983. The van der Waals surface area contributed by atoms with Crippen LogP contribution in [-0.2, 0) is 13.0 Å². The van der Waals surface area contributed by atoms with Gasteiger partial charge in [-0.15, -0.1) is 0 Å². The standard InChI is InChI=1S/C16H15BrN2O/c17-15-12(5-3-7-14(15)18)10-19-9-8-11-4-1-2-6-13(11)16(19)20/h1-7H,8-10,18H2. The van der Waals surface area contributed by atoms with Crippen molar-refractivity contribution < 1.29 is 4.79 Å². The van der Waals surface area contributed by atoms with Crippen LogP contribution in [0.5, 0.6) is 0 Å². The number of amides is 1.